The third-order valence-electron chi connectivity index (χ3n) is 3.63. The van der Waals surface area contributed by atoms with E-state index in [1.807, 2.05) is 4.57 Å². The fraction of sp³-hybridized carbons (Fsp3) is 0.312. The molecule has 0 saturated heterocycles. The number of aromatic hydroxyl groups is 1. The zero-order valence-corrected chi connectivity index (χ0v) is 11.6. The molecule has 1 aromatic carbocycles. The molecule has 100 valence electrons. The predicted molar refractivity (Wildman–Crippen MR) is 76.7 cm³/mol. The first-order chi connectivity index (χ1) is 8.99. The Bertz CT molecular complexity index is 656. The summed E-state index contributed by atoms with van der Waals surface area (Å²) < 4.78 is 1.91. The molecular formula is C16H19NO2. The van der Waals surface area contributed by atoms with Crippen LogP contribution in [0.1, 0.15) is 22.4 Å². The second-order valence-corrected chi connectivity index (χ2v) is 4.98. The number of pyridine rings is 1. The van der Waals surface area contributed by atoms with Gasteiger partial charge in [-0.3, -0.25) is 4.79 Å². The lowest BCUT2D eigenvalue weighted by atomic mass is 10.0. The van der Waals surface area contributed by atoms with Gasteiger partial charge in [0.05, 0.1) is 5.69 Å². The van der Waals surface area contributed by atoms with Crippen molar-refractivity contribution in [1.82, 2.24) is 4.57 Å². The minimum Gasteiger partial charge on any atom is -0.503 e. The molecule has 0 fully saturated rings. The summed E-state index contributed by atoms with van der Waals surface area (Å²) in [6.07, 6.45) is 2.61. The molecule has 19 heavy (non-hydrogen) atoms. The highest BCUT2D eigenvalue weighted by Gasteiger charge is 2.05. The van der Waals surface area contributed by atoms with Gasteiger partial charge in [-0.05, 0) is 43.9 Å². The van der Waals surface area contributed by atoms with Gasteiger partial charge in [-0.15, -0.1) is 0 Å². The zero-order chi connectivity index (χ0) is 14.0. The van der Waals surface area contributed by atoms with E-state index < -0.39 is 0 Å². The van der Waals surface area contributed by atoms with Crippen molar-refractivity contribution in [2.75, 3.05) is 0 Å². The maximum absolute atomic E-state index is 11.3. The fourth-order valence-corrected chi connectivity index (χ4v) is 2.11. The smallest absolute Gasteiger partial charge is 0.223 e. The quantitative estimate of drug-likeness (QED) is 0.918. The van der Waals surface area contributed by atoms with Crippen molar-refractivity contribution in [2.45, 2.75) is 33.7 Å². The van der Waals surface area contributed by atoms with Crippen molar-refractivity contribution in [3.63, 3.8) is 0 Å². The van der Waals surface area contributed by atoms with E-state index in [0.29, 0.717) is 5.69 Å². The number of aromatic nitrogens is 1. The summed E-state index contributed by atoms with van der Waals surface area (Å²) in [6, 6.07) is 7.84. The first-order valence-corrected chi connectivity index (χ1v) is 6.44. The average molecular weight is 257 g/mol. The predicted octanol–water partition coefficient (Wildman–Crippen LogP) is 2.72. The molecule has 2 aromatic rings. The summed E-state index contributed by atoms with van der Waals surface area (Å²) >= 11 is 0. The fourth-order valence-electron chi connectivity index (χ4n) is 2.11. The van der Waals surface area contributed by atoms with E-state index in [0.717, 1.165) is 13.0 Å². The van der Waals surface area contributed by atoms with Gasteiger partial charge in [-0.2, -0.15) is 0 Å². The molecule has 0 bridgehead atoms. The van der Waals surface area contributed by atoms with Crippen molar-refractivity contribution < 1.29 is 5.11 Å². The molecule has 3 nitrogen and oxygen atoms in total. The average Bonchev–Trinajstić information content (AvgIpc) is 2.39. The van der Waals surface area contributed by atoms with Gasteiger partial charge >= 0.3 is 0 Å². The van der Waals surface area contributed by atoms with Crippen LogP contribution < -0.4 is 5.43 Å². The Hall–Kier alpha value is -2.03. The Morgan fingerprint density at radius 3 is 2.53 bits per heavy atom. The summed E-state index contributed by atoms with van der Waals surface area (Å²) in [6.45, 7) is 6.72. The summed E-state index contributed by atoms with van der Waals surface area (Å²) in [4.78, 5) is 11.3. The Balaban J connectivity index is 2.17. The number of nitrogens with zero attached hydrogens (tertiary/aromatic N) is 1. The maximum Gasteiger partial charge on any atom is 0.223 e. The van der Waals surface area contributed by atoms with Crippen LogP contribution in [0, 0.1) is 20.8 Å². The van der Waals surface area contributed by atoms with Gasteiger partial charge in [-0.1, -0.05) is 18.2 Å². The Morgan fingerprint density at radius 2 is 1.84 bits per heavy atom. The number of hydrogen-bond acceptors (Lipinski definition) is 2. The van der Waals surface area contributed by atoms with Gasteiger partial charge in [-0.25, -0.2) is 0 Å². The standard InChI is InChI=1S/C16H19NO2/c1-11-4-5-14(10-12(11)2)6-8-17-9-7-15(18)16(19)13(17)3/h4-5,7,9-10,19H,6,8H2,1-3H3. The van der Waals surface area contributed by atoms with Crippen LogP contribution in [0.5, 0.6) is 5.75 Å². The summed E-state index contributed by atoms with van der Waals surface area (Å²) in [7, 11) is 0. The molecule has 0 radical (unpaired) electrons. The molecule has 1 heterocycles. The molecule has 3 heteroatoms. The third-order valence-corrected chi connectivity index (χ3v) is 3.63. The number of benzene rings is 1. The van der Waals surface area contributed by atoms with E-state index >= 15 is 0 Å². The Kier molecular flexibility index (Phi) is 3.74. The van der Waals surface area contributed by atoms with Crippen LogP contribution in [0.2, 0.25) is 0 Å². The molecule has 0 spiro atoms. The molecule has 1 aromatic heterocycles. The molecule has 1 N–H and O–H groups in total. The highest BCUT2D eigenvalue weighted by atomic mass is 16.3. The summed E-state index contributed by atoms with van der Waals surface area (Å²) in [5, 5.41) is 9.63. The van der Waals surface area contributed by atoms with E-state index in [9.17, 15) is 9.90 Å². The SMILES string of the molecule is Cc1ccc(CCn2ccc(=O)c(O)c2C)cc1C. The first-order valence-electron chi connectivity index (χ1n) is 6.44. The number of hydrogen-bond donors (Lipinski definition) is 1. The maximum atomic E-state index is 11.3. The van der Waals surface area contributed by atoms with Crippen LogP contribution >= 0.6 is 0 Å². The molecule has 0 aliphatic rings. The second kappa shape index (κ2) is 5.31. The molecule has 0 unspecified atom stereocenters. The monoisotopic (exact) mass is 257 g/mol. The Labute approximate surface area is 113 Å². The van der Waals surface area contributed by atoms with Gasteiger partial charge in [0, 0.05) is 18.8 Å². The van der Waals surface area contributed by atoms with Gasteiger partial charge in [0.1, 0.15) is 0 Å². The lowest BCUT2D eigenvalue weighted by molar-refractivity contribution is 0.453. The van der Waals surface area contributed by atoms with Crippen molar-refractivity contribution in [2.24, 2.45) is 0 Å². The van der Waals surface area contributed by atoms with E-state index in [-0.39, 0.29) is 11.2 Å². The number of aryl methyl sites for hydroxylation is 4. The molecule has 0 aliphatic heterocycles. The highest BCUT2D eigenvalue weighted by Crippen LogP contribution is 2.13. The zero-order valence-electron chi connectivity index (χ0n) is 11.6. The number of rotatable bonds is 3. The topological polar surface area (TPSA) is 42.2 Å². The van der Waals surface area contributed by atoms with Crippen molar-refractivity contribution in [3.8, 4) is 5.75 Å². The molecule has 0 aliphatic carbocycles. The van der Waals surface area contributed by atoms with Crippen LogP contribution in [0.25, 0.3) is 0 Å². The minimum absolute atomic E-state index is 0.150. The molecule has 2 rings (SSSR count). The van der Waals surface area contributed by atoms with Crippen LogP contribution in [0.15, 0.2) is 35.3 Å². The lowest BCUT2D eigenvalue weighted by Gasteiger charge is -2.12. The van der Waals surface area contributed by atoms with E-state index in [2.05, 4.69) is 32.0 Å². The normalized spacial score (nSPS) is 10.7. The van der Waals surface area contributed by atoms with Gasteiger partial charge in [0.2, 0.25) is 5.43 Å². The van der Waals surface area contributed by atoms with Gasteiger partial charge < -0.3 is 9.67 Å². The van der Waals surface area contributed by atoms with Crippen molar-refractivity contribution in [3.05, 3.63) is 63.1 Å². The molecular weight excluding hydrogens is 238 g/mol. The van der Waals surface area contributed by atoms with E-state index in [1.165, 1.54) is 22.8 Å². The van der Waals surface area contributed by atoms with Crippen molar-refractivity contribution in [1.29, 1.82) is 0 Å². The first kappa shape index (κ1) is 13.4. The van der Waals surface area contributed by atoms with Crippen molar-refractivity contribution >= 4 is 0 Å². The molecule has 0 atom stereocenters. The lowest BCUT2D eigenvalue weighted by Crippen LogP contribution is -2.11. The summed E-state index contributed by atoms with van der Waals surface area (Å²) in [5.41, 5.74) is 4.15. The largest absolute Gasteiger partial charge is 0.503 e. The molecule has 0 saturated carbocycles. The van der Waals surface area contributed by atoms with E-state index in [1.54, 1.807) is 13.1 Å². The second-order valence-electron chi connectivity index (χ2n) is 4.98. The van der Waals surface area contributed by atoms with E-state index in [4.69, 9.17) is 0 Å². The third kappa shape index (κ3) is 2.87. The van der Waals surface area contributed by atoms with Gasteiger partial charge in [0.25, 0.3) is 0 Å². The Morgan fingerprint density at radius 1 is 1.11 bits per heavy atom. The minimum atomic E-state index is -0.320. The molecule has 0 amide bonds. The van der Waals surface area contributed by atoms with Gasteiger partial charge in [0.15, 0.2) is 5.75 Å². The van der Waals surface area contributed by atoms with Crippen LogP contribution in [-0.4, -0.2) is 9.67 Å². The van der Waals surface area contributed by atoms with Crippen LogP contribution in [0.3, 0.4) is 0 Å². The van der Waals surface area contributed by atoms with Crippen LogP contribution in [0.4, 0.5) is 0 Å². The van der Waals surface area contributed by atoms with Crippen LogP contribution in [-0.2, 0) is 13.0 Å². The highest BCUT2D eigenvalue weighted by molar-refractivity contribution is 5.30. The summed E-state index contributed by atoms with van der Waals surface area (Å²) in [5.74, 6) is -0.150.